The average molecular weight is 575 g/mol. The van der Waals surface area contributed by atoms with E-state index in [0.717, 1.165) is 11.1 Å². The maximum absolute atomic E-state index is 12.0. The molecule has 2 aliphatic rings. The van der Waals surface area contributed by atoms with Gasteiger partial charge in [0.15, 0.2) is 0 Å². The summed E-state index contributed by atoms with van der Waals surface area (Å²) in [6.07, 6.45) is 1.00. The SMILES string of the molecule is CC(C)(c1ccc(Oc2ccc(N3C(=O)CCC3=O)cc2)cc1)c1ccc(Oc2ccc(N3C(=O)CCC3=O)cc2)cc1. The first-order chi connectivity index (χ1) is 20.7. The van der Waals surface area contributed by atoms with Gasteiger partial charge in [-0.15, -0.1) is 0 Å². The molecule has 43 heavy (non-hydrogen) atoms. The van der Waals surface area contributed by atoms with E-state index in [4.69, 9.17) is 9.47 Å². The van der Waals surface area contributed by atoms with Crippen LogP contribution in [0.1, 0.15) is 50.7 Å². The van der Waals surface area contributed by atoms with Crippen LogP contribution in [-0.2, 0) is 24.6 Å². The summed E-state index contributed by atoms with van der Waals surface area (Å²) in [7, 11) is 0. The fourth-order valence-electron chi connectivity index (χ4n) is 5.37. The Kier molecular flexibility index (Phi) is 7.27. The van der Waals surface area contributed by atoms with Gasteiger partial charge in [0, 0.05) is 31.1 Å². The molecule has 0 spiro atoms. The molecule has 4 amide bonds. The summed E-state index contributed by atoms with van der Waals surface area (Å²) < 4.78 is 12.0. The molecule has 0 N–H and O–H groups in total. The van der Waals surface area contributed by atoms with Crippen molar-refractivity contribution >= 4 is 35.0 Å². The summed E-state index contributed by atoms with van der Waals surface area (Å²) in [5, 5.41) is 0. The topological polar surface area (TPSA) is 93.2 Å². The first kappa shape index (κ1) is 27.9. The Bertz CT molecular complexity index is 1530. The summed E-state index contributed by atoms with van der Waals surface area (Å²) in [6, 6.07) is 29.7. The summed E-state index contributed by atoms with van der Waals surface area (Å²) in [6.45, 7) is 4.30. The molecule has 2 saturated heterocycles. The van der Waals surface area contributed by atoms with Crippen LogP contribution in [0.3, 0.4) is 0 Å². The highest BCUT2D eigenvalue weighted by Gasteiger charge is 2.31. The number of rotatable bonds is 8. The number of carbonyl (C=O) groups excluding carboxylic acids is 4. The summed E-state index contributed by atoms with van der Waals surface area (Å²) in [5.41, 5.74) is 3.04. The number of amides is 4. The Morgan fingerprint density at radius 2 is 0.698 bits per heavy atom. The van der Waals surface area contributed by atoms with E-state index in [-0.39, 0.29) is 54.7 Å². The highest BCUT2D eigenvalue weighted by atomic mass is 16.5. The predicted octanol–water partition coefficient (Wildman–Crippen LogP) is 6.90. The third-order valence-corrected chi connectivity index (χ3v) is 7.92. The Hall–Kier alpha value is -5.24. The van der Waals surface area contributed by atoms with Gasteiger partial charge < -0.3 is 9.47 Å². The van der Waals surface area contributed by atoms with E-state index >= 15 is 0 Å². The lowest BCUT2D eigenvalue weighted by atomic mass is 9.78. The van der Waals surface area contributed by atoms with Gasteiger partial charge >= 0.3 is 0 Å². The lowest BCUT2D eigenvalue weighted by molar-refractivity contribution is -0.122. The Labute approximate surface area is 249 Å². The number of ether oxygens (including phenoxy) is 2. The van der Waals surface area contributed by atoms with E-state index in [0.29, 0.717) is 34.4 Å². The molecule has 8 heteroatoms. The van der Waals surface area contributed by atoms with Gasteiger partial charge in [-0.2, -0.15) is 0 Å². The zero-order valence-electron chi connectivity index (χ0n) is 23.9. The van der Waals surface area contributed by atoms with Crippen molar-refractivity contribution in [3.05, 3.63) is 108 Å². The second-order valence-corrected chi connectivity index (χ2v) is 11.1. The predicted molar refractivity (Wildman–Crippen MR) is 161 cm³/mol. The quantitative estimate of drug-likeness (QED) is 0.213. The van der Waals surface area contributed by atoms with Gasteiger partial charge in [-0.25, -0.2) is 0 Å². The molecule has 0 saturated carbocycles. The van der Waals surface area contributed by atoms with E-state index in [1.807, 2.05) is 48.5 Å². The van der Waals surface area contributed by atoms with Crippen LogP contribution in [0, 0.1) is 0 Å². The van der Waals surface area contributed by atoms with E-state index in [9.17, 15) is 19.2 Å². The third-order valence-electron chi connectivity index (χ3n) is 7.92. The Balaban J connectivity index is 1.08. The van der Waals surface area contributed by atoms with Gasteiger partial charge in [0.05, 0.1) is 11.4 Å². The van der Waals surface area contributed by atoms with E-state index in [1.165, 1.54) is 9.80 Å². The van der Waals surface area contributed by atoms with Gasteiger partial charge in [-0.1, -0.05) is 38.1 Å². The van der Waals surface area contributed by atoms with Crippen molar-refractivity contribution in [3.8, 4) is 23.0 Å². The van der Waals surface area contributed by atoms with Crippen molar-refractivity contribution in [2.45, 2.75) is 44.9 Å². The van der Waals surface area contributed by atoms with Crippen LogP contribution in [0.5, 0.6) is 23.0 Å². The number of hydrogen-bond donors (Lipinski definition) is 0. The Morgan fingerprint density at radius 3 is 0.977 bits per heavy atom. The van der Waals surface area contributed by atoms with Crippen molar-refractivity contribution in [2.75, 3.05) is 9.80 Å². The molecular formula is C35H30N2O6. The van der Waals surface area contributed by atoms with Crippen LogP contribution in [0.2, 0.25) is 0 Å². The van der Waals surface area contributed by atoms with Crippen LogP contribution in [0.15, 0.2) is 97.1 Å². The van der Waals surface area contributed by atoms with Crippen LogP contribution >= 0.6 is 0 Å². The minimum absolute atomic E-state index is 0.180. The molecule has 0 radical (unpaired) electrons. The van der Waals surface area contributed by atoms with Crippen LogP contribution in [0.4, 0.5) is 11.4 Å². The molecule has 2 fully saturated rings. The fourth-order valence-corrected chi connectivity index (χ4v) is 5.37. The van der Waals surface area contributed by atoms with Crippen LogP contribution in [0.25, 0.3) is 0 Å². The zero-order valence-corrected chi connectivity index (χ0v) is 23.9. The maximum atomic E-state index is 12.0. The molecule has 0 aromatic heterocycles. The highest BCUT2D eigenvalue weighted by Crippen LogP contribution is 2.35. The van der Waals surface area contributed by atoms with Gasteiger partial charge in [0.2, 0.25) is 23.6 Å². The molecule has 216 valence electrons. The monoisotopic (exact) mass is 574 g/mol. The molecule has 2 aliphatic heterocycles. The molecule has 0 bridgehead atoms. The van der Waals surface area contributed by atoms with Crippen molar-refractivity contribution in [3.63, 3.8) is 0 Å². The largest absolute Gasteiger partial charge is 0.457 e. The molecule has 4 aromatic rings. The minimum Gasteiger partial charge on any atom is -0.457 e. The van der Waals surface area contributed by atoms with Crippen molar-refractivity contribution < 1.29 is 28.7 Å². The number of benzene rings is 4. The number of hydrogen-bond acceptors (Lipinski definition) is 6. The van der Waals surface area contributed by atoms with Gasteiger partial charge in [-0.3, -0.25) is 29.0 Å². The lowest BCUT2D eigenvalue weighted by Crippen LogP contribution is -2.28. The number of anilines is 2. The molecule has 0 unspecified atom stereocenters. The Morgan fingerprint density at radius 1 is 0.442 bits per heavy atom. The van der Waals surface area contributed by atoms with E-state index in [2.05, 4.69) is 13.8 Å². The number of carbonyl (C=O) groups is 4. The lowest BCUT2D eigenvalue weighted by Gasteiger charge is -2.26. The molecule has 0 atom stereocenters. The number of imide groups is 2. The fraction of sp³-hybridized carbons (Fsp3) is 0.200. The van der Waals surface area contributed by atoms with Gasteiger partial charge in [0.25, 0.3) is 0 Å². The third kappa shape index (κ3) is 5.64. The second-order valence-electron chi connectivity index (χ2n) is 11.1. The van der Waals surface area contributed by atoms with Crippen molar-refractivity contribution in [1.82, 2.24) is 0 Å². The zero-order chi connectivity index (χ0) is 30.1. The first-order valence-electron chi connectivity index (χ1n) is 14.2. The van der Waals surface area contributed by atoms with Crippen molar-refractivity contribution in [2.24, 2.45) is 0 Å². The first-order valence-corrected chi connectivity index (χ1v) is 14.2. The molecule has 0 aliphatic carbocycles. The molecule has 6 rings (SSSR count). The molecular weight excluding hydrogens is 544 g/mol. The average Bonchev–Trinajstić information content (AvgIpc) is 3.53. The highest BCUT2D eigenvalue weighted by molar-refractivity contribution is 6.20. The van der Waals surface area contributed by atoms with Gasteiger partial charge in [0.1, 0.15) is 23.0 Å². The molecule has 8 nitrogen and oxygen atoms in total. The standard InChI is InChI=1S/C35H30N2O6/c1-35(2,23-3-11-27(12-4-23)42-29-15-7-25(8-16-29)36-31(38)19-20-32(36)39)24-5-13-28(14-6-24)43-30-17-9-26(10-18-30)37-33(40)21-22-34(37)41/h3-18H,19-22H2,1-2H3. The van der Waals surface area contributed by atoms with E-state index < -0.39 is 0 Å². The maximum Gasteiger partial charge on any atom is 0.234 e. The van der Waals surface area contributed by atoms with Crippen LogP contribution in [-0.4, -0.2) is 23.6 Å². The molecule has 4 aromatic carbocycles. The van der Waals surface area contributed by atoms with Crippen LogP contribution < -0.4 is 19.3 Å². The van der Waals surface area contributed by atoms with Crippen molar-refractivity contribution in [1.29, 1.82) is 0 Å². The summed E-state index contributed by atoms with van der Waals surface area (Å²) in [4.78, 5) is 50.4. The summed E-state index contributed by atoms with van der Waals surface area (Å²) >= 11 is 0. The smallest absolute Gasteiger partial charge is 0.234 e. The second kappa shape index (κ2) is 11.2. The number of nitrogens with zero attached hydrogens (tertiary/aromatic N) is 2. The minimum atomic E-state index is -0.288. The van der Waals surface area contributed by atoms with E-state index in [1.54, 1.807) is 48.5 Å². The summed E-state index contributed by atoms with van der Waals surface area (Å²) in [5.74, 6) is 1.85. The molecule has 2 heterocycles. The van der Waals surface area contributed by atoms with Gasteiger partial charge in [-0.05, 0) is 83.9 Å². The normalized spacial score (nSPS) is 15.4.